The van der Waals surface area contributed by atoms with Crippen molar-refractivity contribution in [3.8, 4) is 45.3 Å². The lowest BCUT2D eigenvalue weighted by Crippen LogP contribution is -2.15. The molecule has 1 aliphatic rings. The lowest BCUT2D eigenvalue weighted by Gasteiger charge is -2.21. The molecule has 1 aliphatic carbocycles. The molecule has 0 amide bonds. The van der Waals surface area contributed by atoms with E-state index in [1.54, 1.807) is 0 Å². The summed E-state index contributed by atoms with van der Waals surface area (Å²) in [5, 5.41) is 7.19. The minimum Gasteiger partial charge on any atom is -0.208 e. The summed E-state index contributed by atoms with van der Waals surface area (Å²) in [4.78, 5) is 15.5. The van der Waals surface area contributed by atoms with E-state index in [9.17, 15) is 0 Å². The zero-order valence-electron chi connectivity index (χ0n) is 25.1. The Kier molecular flexibility index (Phi) is 5.54. The Morgan fingerprint density at radius 2 is 1.00 bits per heavy atom. The Balaban J connectivity index is 1.32. The molecular weight excluding hydrogens is 546 g/mol. The molecule has 9 rings (SSSR count). The van der Waals surface area contributed by atoms with Crippen molar-refractivity contribution >= 4 is 32.3 Å². The summed E-state index contributed by atoms with van der Waals surface area (Å²) in [7, 11) is 0. The fraction of sp³-hybridized carbons (Fsp3) is 0.0714. The van der Waals surface area contributed by atoms with Crippen LogP contribution in [-0.4, -0.2) is 15.0 Å². The van der Waals surface area contributed by atoms with Crippen molar-refractivity contribution in [1.82, 2.24) is 15.0 Å². The maximum atomic E-state index is 5.24. The number of aromatic nitrogens is 3. The number of hydrogen-bond donors (Lipinski definition) is 0. The van der Waals surface area contributed by atoms with Gasteiger partial charge in [0.1, 0.15) is 0 Å². The van der Waals surface area contributed by atoms with Crippen LogP contribution >= 0.6 is 0 Å². The molecule has 1 aromatic heterocycles. The molecule has 0 fully saturated rings. The van der Waals surface area contributed by atoms with Crippen molar-refractivity contribution in [1.29, 1.82) is 0 Å². The highest BCUT2D eigenvalue weighted by molar-refractivity contribution is 6.23. The van der Waals surface area contributed by atoms with Gasteiger partial charge in [-0.2, -0.15) is 0 Å². The van der Waals surface area contributed by atoms with Gasteiger partial charge in [-0.05, 0) is 55.3 Å². The molecule has 3 nitrogen and oxygen atoms in total. The van der Waals surface area contributed by atoms with E-state index < -0.39 is 0 Å². The first-order valence-corrected chi connectivity index (χ1v) is 15.5. The molecule has 212 valence electrons. The lowest BCUT2D eigenvalue weighted by atomic mass is 9.82. The van der Waals surface area contributed by atoms with Crippen LogP contribution in [0.3, 0.4) is 0 Å². The summed E-state index contributed by atoms with van der Waals surface area (Å²) in [5.41, 5.74) is 8.09. The Bertz CT molecular complexity index is 2450. The molecule has 0 aliphatic heterocycles. The number of hydrogen-bond acceptors (Lipinski definition) is 3. The van der Waals surface area contributed by atoms with Crippen molar-refractivity contribution in [3.63, 3.8) is 0 Å². The highest BCUT2D eigenvalue weighted by Gasteiger charge is 2.35. The predicted molar refractivity (Wildman–Crippen MR) is 186 cm³/mol. The summed E-state index contributed by atoms with van der Waals surface area (Å²) in [5.74, 6) is 2.02. The summed E-state index contributed by atoms with van der Waals surface area (Å²) in [6.07, 6.45) is 0. The monoisotopic (exact) mass is 575 g/mol. The fourth-order valence-corrected chi connectivity index (χ4v) is 7.25. The standard InChI is InChI=1S/C42H29N3/c1-42(2)35-18-9-8-16-32(35)33-24-23-30(25-36(33)42)40-43-39(29-12-4-3-5-13-29)44-41(45-40)34-17-10-14-27-21-22-28-20-19-26-11-6-7-15-31(26)37(28)38(27)34/h3-25H,1-2H3. The first-order chi connectivity index (χ1) is 22.1. The third kappa shape index (κ3) is 3.94. The van der Waals surface area contributed by atoms with Gasteiger partial charge in [-0.15, -0.1) is 0 Å². The fourth-order valence-electron chi connectivity index (χ4n) is 7.25. The molecule has 0 saturated heterocycles. The summed E-state index contributed by atoms with van der Waals surface area (Å²) in [6, 6.07) is 49.5. The number of fused-ring (bicyclic) bond motifs is 8. The third-order valence-corrected chi connectivity index (χ3v) is 9.50. The minimum absolute atomic E-state index is 0.115. The maximum Gasteiger partial charge on any atom is 0.164 e. The molecule has 0 saturated carbocycles. The van der Waals surface area contributed by atoms with Gasteiger partial charge in [-0.25, -0.2) is 15.0 Å². The number of rotatable bonds is 3. The maximum absolute atomic E-state index is 5.24. The van der Waals surface area contributed by atoms with Crippen molar-refractivity contribution in [3.05, 3.63) is 151 Å². The normalized spacial score (nSPS) is 13.3. The Hall–Kier alpha value is -5.67. The Labute approximate surface area is 261 Å². The van der Waals surface area contributed by atoms with E-state index in [-0.39, 0.29) is 5.41 Å². The molecule has 0 bridgehead atoms. The number of benzene rings is 7. The van der Waals surface area contributed by atoms with Crippen LogP contribution in [0.1, 0.15) is 25.0 Å². The quantitative estimate of drug-likeness (QED) is 0.197. The lowest BCUT2D eigenvalue weighted by molar-refractivity contribution is 0.660. The Morgan fingerprint density at radius 3 is 1.84 bits per heavy atom. The molecule has 3 heteroatoms. The third-order valence-electron chi connectivity index (χ3n) is 9.50. The van der Waals surface area contributed by atoms with Crippen LogP contribution < -0.4 is 0 Å². The second kappa shape index (κ2) is 9.67. The average molecular weight is 576 g/mol. The van der Waals surface area contributed by atoms with Crippen LogP contribution in [0.2, 0.25) is 0 Å². The van der Waals surface area contributed by atoms with Gasteiger partial charge >= 0.3 is 0 Å². The van der Waals surface area contributed by atoms with E-state index in [1.165, 1.54) is 43.8 Å². The van der Waals surface area contributed by atoms with Crippen molar-refractivity contribution in [2.24, 2.45) is 0 Å². The van der Waals surface area contributed by atoms with E-state index in [0.29, 0.717) is 17.5 Å². The van der Waals surface area contributed by atoms with E-state index in [4.69, 9.17) is 15.0 Å². The summed E-state index contributed by atoms with van der Waals surface area (Å²) < 4.78 is 0. The van der Waals surface area contributed by atoms with E-state index in [1.807, 2.05) is 18.2 Å². The van der Waals surface area contributed by atoms with Gasteiger partial charge < -0.3 is 0 Å². The number of nitrogens with zero attached hydrogens (tertiary/aromatic N) is 3. The zero-order valence-corrected chi connectivity index (χ0v) is 25.1. The van der Waals surface area contributed by atoms with E-state index in [2.05, 4.69) is 135 Å². The summed E-state index contributed by atoms with van der Waals surface area (Å²) >= 11 is 0. The first-order valence-electron chi connectivity index (χ1n) is 15.5. The highest BCUT2D eigenvalue weighted by Crippen LogP contribution is 2.49. The van der Waals surface area contributed by atoms with Gasteiger partial charge in [0.25, 0.3) is 0 Å². The van der Waals surface area contributed by atoms with Crippen LogP contribution in [-0.2, 0) is 5.41 Å². The Morgan fingerprint density at radius 1 is 0.400 bits per heavy atom. The van der Waals surface area contributed by atoms with Crippen LogP contribution in [0.5, 0.6) is 0 Å². The molecule has 7 aromatic carbocycles. The SMILES string of the molecule is CC1(C)c2ccccc2-c2ccc(-c3nc(-c4ccccc4)nc(-c4cccc5ccc6ccc7ccccc7c6c45)n3)cc21. The molecule has 45 heavy (non-hydrogen) atoms. The molecule has 1 heterocycles. The summed E-state index contributed by atoms with van der Waals surface area (Å²) in [6.45, 7) is 4.61. The molecule has 0 spiro atoms. The largest absolute Gasteiger partial charge is 0.208 e. The van der Waals surface area contributed by atoms with Crippen LogP contribution in [0, 0.1) is 0 Å². The second-order valence-electron chi connectivity index (χ2n) is 12.5. The highest BCUT2D eigenvalue weighted by atomic mass is 15.0. The predicted octanol–water partition coefficient (Wildman–Crippen LogP) is 10.6. The smallest absolute Gasteiger partial charge is 0.164 e. The molecular formula is C42H29N3. The molecule has 0 unspecified atom stereocenters. The van der Waals surface area contributed by atoms with Crippen LogP contribution in [0.15, 0.2) is 140 Å². The van der Waals surface area contributed by atoms with Crippen LogP contribution in [0.4, 0.5) is 0 Å². The van der Waals surface area contributed by atoms with Gasteiger partial charge in [-0.1, -0.05) is 147 Å². The van der Waals surface area contributed by atoms with Gasteiger partial charge in [0.2, 0.25) is 0 Å². The second-order valence-corrected chi connectivity index (χ2v) is 12.5. The average Bonchev–Trinajstić information content (AvgIpc) is 3.33. The van der Waals surface area contributed by atoms with Gasteiger partial charge in [0, 0.05) is 27.5 Å². The van der Waals surface area contributed by atoms with E-state index in [0.717, 1.165) is 27.5 Å². The van der Waals surface area contributed by atoms with Gasteiger partial charge in [0.15, 0.2) is 17.5 Å². The van der Waals surface area contributed by atoms with Crippen LogP contribution in [0.25, 0.3) is 77.6 Å². The van der Waals surface area contributed by atoms with Gasteiger partial charge in [-0.3, -0.25) is 0 Å². The zero-order chi connectivity index (χ0) is 30.1. The van der Waals surface area contributed by atoms with Crippen molar-refractivity contribution in [2.45, 2.75) is 19.3 Å². The molecule has 0 N–H and O–H groups in total. The molecule has 0 radical (unpaired) electrons. The van der Waals surface area contributed by atoms with E-state index >= 15 is 0 Å². The molecule has 0 atom stereocenters. The molecule has 8 aromatic rings. The topological polar surface area (TPSA) is 38.7 Å². The first kappa shape index (κ1) is 25.8. The van der Waals surface area contributed by atoms with Crippen molar-refractivity contribution in [2.75, 3.05) is 0 Å². The van der Waals surface area contributed by atoms with Gasteiger partial charge in [0.05, 0.1) is 0 Å². The van der Waals surface area contributed by atoms with Crippen molar-refractivity contribution < 1.29 is 0 Å². The minimum atomic E-state index is -0.115.